The van der Waals surface area contributed by atoms with Gasteiger partial charge in [0.25, 0.3) is 5.91 Å². The number of aromatic nitrogens is 1. The number of benzene rings is 2. The topological polar surface area (TPSA) is 186 Å². The third-order valence-electron chi connectivity index (χ3n) is 8.51. The summed E-state index contributed by atoms with van der Waals surface area (Å²) in [5.41, 5.74) is 2.47. The maximum absolute atomic E-state index is 13.8. The zero-order valence-electron chi connectivity index (χ0n) is 28.8. The largest absolute Gasteiger partial charge is 0.465 e. The average molecular weight is 697 g/mol. The van der Waals surface area contributed by atoms with Crippen LogP contribution in [-0.4, -0.2) is 100 Å². The highest BCUT2D eigenvalue weighted by molar-refractivity contribution is 7.91. The van der Waals surface area contributed by atoms with Crippen LogP contribution in [0.5, 0.6) is 0 Å². The number of aliphatic hydroxyl groups is 2. The molecular weight excluding hydrogens is 648 g/mol. The van der Waals surface area contributed by atoms with Gasteiger partial charge in [-0.15, -0.1) is 0 Å². The van der Waals surface area contributed by atoms with Crippen LogP contribution in [0.4, 0.5) is 4.79 Å². The normalized spacial score (nSPS) is 15.6. The van der Waals surface area contributed by atoms with Crippen LogP contribution < -0.4 is 10.6 Å². The van der Waals surface area contributed by atoms with Crippen molar-refractivity contribution < 1.29 is 38.1 Å². The molecule has 5 N–H and O–H groups in total. The number of hydrogen-bond acceptors (Lipinski definition) is 8. The first-order valence-electron chi connectivity index (χ1n) is 16.0. The van der Waals surface area contributed by atoms with E-state index in [0.717, 1.165) is 33.5 Å². The number of carbonyl (C=O) groups excluding carboxylic acids is 2. The first-order chi connectivity index (χ1) is 22.9. The Kier molecular flexibility index (Phi) is 13.5. The predicted molar refractivity (Wildman–Crippen MR) is 187 cm³/mol. The number of carbonyl (C=O) groups is 3. The number of carboxylic acid groups (broad SMARTS) is 1. The molecule has 3 aromatic rings. The molecule has 2 aromatic carbocycles. The monoisotopic (exact) mass is 696 g/mol. The molecule has 0 saturated carbocycles. The fourth-order valence-electron chi connectivity index (χ4n) is 5.69. The van der Waals surface area contributed by atoms with Gasteiger partial charge < -0.3 is 26.0 Å². The molecule has 0 aliphatic heterocycles. The summed E-state index contributed by atoms with van der Waals surface area (Å²) in [6.45, 7) is 6.49. The van der Waals surface area contributed by atoms with Gasteiger partial charge in [0, 0.05) is 31.1 Å². The number of aliphatic hydroxyl groups excluding tert-OH is 2. The lowest BCUT2D eigenvalue weighted by atomic mass is 9.84. The number of nitrogens with one attached hydrogen (secondary N) is 2. The molecule has 0 aliphatic rings. The molecule has 6 atom stereocenters. The molecule has 0 spiro atoms. The molecule has 0 aliphatic carbocycles. The number of amides is 3. The Morgan fingerprint density at radius 2 is 1.45 bits per heavy atom. The van der Waals surface area contributed by atoms with E-state index >= 15 is 0 Å². The second-order valence-electron chi connectivity index (χ2n) is 13.6. The van der Waals surface area contributed by atoms with Crippen molar-refractivity contribution in [1.82, 2.24) is 20.5 Å². The van der Waals surface area contributed by atoms with E-state index in [1.807, 2.05) is 48.5 Å². The highest BCUT2D eigenvalue weighted by Gasteiger charge is 2.39. The number of nitrogens with zero attached hydrogens (tertiary/aromatic N) is 2. The Morgan fingerprint density at radius 1 is 0.857 bits per heavy atom. The molecule has 3 amide bonds. The lowest BCUT2D eigenvalue weighted by Gasteiger charge is -2.37. The molecule has 1 heterocycles. The smallest absolute Gasteiger partial charge is 0.407 e. The molecule has 0 radical (unpaired) electrons. The second-order valence-corrected chi connectivity index (χ2v) is 16.0. The summed E-state index contributed by atoms with van der Waals surface area (Å²) in [6, 6.07) is 19.4. The van der Waals surface area contributed by atoms with Crippen molar-refractivity contribution in [1.29, 1.82) is 0 Å². The summed E-state index contributed by atoms with van der Waals surface area (Å²) in [5.74, 6) is -1.51. The zero-order valence-corrected chi connectivity index (χ0v) is 29.6. The van der Waals surface area contributed by atoms with E-state index < -0.39 is 68.7 Å². The highest BCUT2D eigenvalue weighted by atomic mass is 32.2. The molecule has 13 heteroatoms. The van der Waals surface area contributed by atoms with Gasteiger partial charge >= 0.3 is 6.09 Å². The minimum atomic E-state index is -3.75. The number of hydrogen-bond donors (Lipinski definition) is 5. The van der Waals surface area contributed by atoms with Crippen molar-refractivity contribution in [3.63, 3.8) is 0 Å². The quantitative estimate of drug-likeness (QED) is 0.159. The zero-order chi connectivity index (χ0) is 36.5. The summed E-state index contributed by atoms with van der Waals surface area (Å²) < 4.78 is 24.1. The molecule has 1 unspecified atom stereocenters. The molecule has 0 bridgehead atoms. The van der Waals surface area contributed by atoms with Gasteiger partial charge in [0.1, 0.15) is 12.1 Å². The van der Waals surface area contributed by atoms with E-state index in [0.29, 0.717) is 0 Å². The second kappa shape index (κ2) is 16.9. The summed E-state index contributed by atoms with van der Waals surface area (Å²) in [7, 11) is -2.43. The number of rotatable bonds is 15. The fourth-order valence-corrected chi connectivity index (χ4v) is 6.28. The Labute approximate surface area is 288 Å². The summed E-state index contributed by atoms with van der Waals surface area (Å²) >= 11 is 0. The van der Waals surface area contributed by atoms with Crippen molar-refractivity contribution in [3.05, 3.63) is 90.1 Å². The van der Waals surface area contributed by atoms with Crippen molar-refractivity contribution >= 4 is 27.7 Å². The van der Waals surface area contributed by atoms with Crippen LogP contribution in [0.25, 0.3) is 11.3 Å². The first-order valence-corrected chi connectivity index (χ1v) is 18.0. The van der Waals surface area contributed by atoms with Gasteiger partial charge in [-0.05, 0) is 54.9 Å². The van der Waals surface area contributed by atoms with Gasteiger partial charge in [0.05, 0.1) is 23.1 Å². The molecule has 3 rings (SSSR count). The molecule has 12 nitrogen and oxygen atoms in total. The summed E-state index contributed by atoms with van der Waals surface area (Å²) in [4.78, 5) is 44.2. The summed E-state index contributed by atoms with van der Waals surface area (Å²) in [6.07, 6.45) is -1.51. The third kappa shape index (κ3) is 11.4. The Morgan fingerprint density at radius 3 is 1.98 bits per heavy atom. The van der Waals surface area contributed by atoms with Gasteiger partial charge in [-0.25, -0.2) is 13.2 Å². The van der Waals surface area contributed by atoms with E-state index in [1.54, 1.807) is 51.2 Å². The molecule has 0 saturated heterocycles. The number of sulfone groups is 1. The van der Waals surface area contributed by atoms with Crippen LogP contribution in [0.1, 0.15) is 45.2 Å². The summed E-state index contributed by atoms with van der Waals surface area (Å²) in [5, 5.41) is 36.2. The van der Waals surface area contributed by atoms with Crippen LogP contribution in [0.15, 0.2) is 79.0 Å². The molecule has 266 valence electrons. The minimum Gasteiger partial charge on any atom is -0.465 e. The van der Waals surface area contributed by atoms with Gasteiger partial charge in [-0.1, -0.05) is 81.4 Å². The Balaban J connectivity index is 1.95. The fraction of sp³-hybridized carbons (Fsp3) is 0.444. The van der Waals surface area contributed by atoms with Crippen LogP contribution in [0.2, 0.25) is 0 Å². The molecule has 1 aromatic heterocycles. The lowest BCUT2D eigenvalue weighted by molar-refractivity contribution is -0.132. The maximum atomic E-state index is 13.8. The predicted octanol–water partition coefficient (Wildman–Crippen LogP) is 3.07. The maximum Gasteiger partial charge on any atom is 0.407 e. The van der Waals surface area contributed by atoms with Crippen LogP contribution in [0, 0.1) is 5.41 Å². The standard InChI is InChI=1S/C36H48N4O8S/c1-23(49(6,47)48)31(42)33(43)39-29(21-24-12-8-7-9-13-24)30(41)22-27(38-34(44)32(36(2,3)4)40(5)35(45)46)20-25-15-17-26(18-16-25)28-14-10-11-19-37-28/h7-19,23,27,29-32,41-42H,20-22H2,1-6H3,(H,38,44)(H,39,43)(H,45,46)/t23?,27-,29-,30-,31-,32+/m0/s1. The number of pyridine rings is 1. The highest BCUT2D eigenvalue weighted by Crippen LogP contribution is 2.25. The molecular formula is C36H48N4O8S. The molecule has 49 heavy (non-hydrogen) atoms. The van der Waals surface area contributed by atoms with Crippen molar-refractivity contribution in [2.45, 2.75) is 82.5 Å². The van der Waals surface area contributed by atoms with Crippen molar-refractivity contribution in [2.24, 2.45) is 5.41 Å². The number of likely N-dealkylation sites (N-methyl/N-ethyl adjacent to an activating group) is 1. The van der Waals surface area contributed by atoms with Gasteiger partial charge in [-0.2, -0.15) is 0 Å². The van der Waals surface area contributed by atoms with Gasteiger partial charge in [0.2, 0.25) is 5.91 Å². The van der Waals surface area contributed by atoms with E-state index in [2.05, 4.69) is 15.6 Å². The average Bonchev–Trinajstić information content (AvgIpc) is 3.03. The van der Waals surface area contributed by atoms with Crippen molar-refractivity contribution in [3.8, 4) is 11.3 Å². The van der Waals surface area contributed by atoms with Crippen LogP contribution >= 0.6 is 0 Å². The Bertz CT molecular complexity index is 1650. The van der Waals surface area contributed by atoms with E-state index in [9.17, 15) is 38.1 Å². The van der Waals surface area contributed by atoms with Crippen molar-refractivity contribution in [2.75, 3.05) is 13.3 Å². The van der Waals surface area contributed by atoms with E-state index in [-0.39, 0.29) is 19.3 Å². The van der Waals surface area contributed by atoms with E-state index in [1.165, 1.54) is 14.0 Å². The van der Waals surface area contributed by atoms with Crippen LogP contribution in [-0.2, 0) is 32.3 Å². The van der Waals surface area contributed by atoms with Gasteiger partial charge in [0.15, 0.2) is 9.84 Å². The molecule has 0 fully saturated rings. The Hall–Kier alpha value is -4.33. The SMILES string of the molecule is CC([C@H](O)C(=O)N[C@@H](Cc1ccccc1)[C@@H](O)C[C@H](Cc1ccc(-c2ccccn2)cc1)NC(=O)[C@@H](N(C)C(=O)O)C(C)(C)C)S(C)(=O)=O. The van der Waals surface area contributed by atoms with Crippen LogP contribution in [0.3, 0.4) is 0 Å². The third-order valence-corrected chi connectivity index (χ3v) is 10.1. The van der Waals surface area contributed by atoms with E-state index in [4.69, 9.17) is 0 Å². The minimum absolute atomic E-state index is 0.0725. The first kappa shape index (κ1) is 39.1. The lowest BCUT2D eigenvalue weighted by Crippen LogP contribution is -2.57. The van der Waals surface area contributed by atoms with Gasteiger partial charge in [-0.3, -0.25) is 19.5 Å².